The van der Waals surface area contributed by atoms with Crippen LogP contribution in [0.3, 0.4) is 0 Å². The molecule has 0 atom stereocenters. The fraction of sp³-hybridized carbons (Fsp3) is 0.188. The molecule has 4 N–H and O–H groups in total. The number of anilines is 1. The molecule has 21 heavy (non-hydrogen) atoms. The maximum atomic E-state index is 13.7. The number of oxime groups is 1. The first-order chi connectivity index (χ1) is 10.0. The van der Waals surface area contributed by atoms with Gasteiger partial charge < -0.3 is 16.3 Å². The molecule has 2 rings (SSSR count). The Labute approximate surface area is 123 Å². The van der Waals surface area contributed by atoms with E-state index in [9.17, 15) is 4.39 Å². The molecule has 2 aromatic rings. The van der Waals surface area contributed by atoms with E-state index >= 15 is 0 Å². The number of rotatable bonds is 4. The van der Waals surface area contributed by atoms with E-state index in [0.29, 0.717) is 17.8 Å². The predicted octanol–water partition coefficient (Wildman–Crippen LogP) is 3.15. The summed E-state index contributed by atoms with van der Waals surface area (Å²) in [6.45, 7) is 4.29. The Bertz CT molecular complexity index is 663. The van der Waals surface area contributed by atoms with Crippen LogP contribution in [0.2, 0.25) is 0 Å². The second-order valence-electron chi connectivity index (χ2n) is 4.91. The molecule has 0 amide bonds. The third-order valence-electron chi connectivity index (χ3n) is 3.42. The predicted molar refractivity (Wildman–Crippen MR) is 82.2 cm³/mol. The molecule has 110 valence electrons. The minimum atomic E-state index is -0.263. The summed E-state index contributed by atoms with van der Waals surface area (Å²) in [5.74, 6) is -0.191. The zero-order valence-corrected chi connectivity index (χ0v) is 12.0. The molecule has 0 bridgehead atoms. The van der Waals surface area contributed by atoms with Crippen LogP contribution in [0.5, 0.6) is 0 Å². The fourth-order valence-electron chi connectivity index (χ4n) is 2.15. The second kappa shape index (κ2) is 6.26. The molecule has 0 saturated heterocycles. The minimum absolute atomic E-state index is 0.0718. The van der Waals surface area contributed by atoms with Crippen molar-refractivity contribution < 1.29 is 9.60 Å². The summed E-state index contributed by atoms with van der Waals surface area (Å²) in [4.78, 5) is 0. The van der Waals surface area contributed by atoms with Crippen LogP contribution in [0.4, 0.5) is 10.1 Å². The number of benzene rings is 2. The van der Waals surface area contributed by atoms with Crippen molar-refractivity contribution >= 4 is 11.5 Å². The molecule has 0 saturated carbocycles. The number of hydrogen-bond acceptors (Lipinski definition) is 3. The maximum Gasteiger partial charge on any atom is 0.170 e. The summed E-state index contributed by atoms with van der Waals surface area (Å²) >= 11 is 0. The number of nitrogens with one attached hydrogen (secondary N) is 1. The molecule has 0 heterocycles. The van der Waals surface area contributed by atoms with Gasteiger partial charge in [0.25, 0.3) is 0 Å². The molecule has 4 nitrogen and oxygen atoms in total. The number of nitrogens with zero attached hydrogens (tertiary/aromatic N) is 1. The Morgan fingerprint density at radius 1 is 1.24 bits per heavy atom. The highest BCUT2D eigenvalue weighted by Crippen LogP contribution is 2.20. The van der Waals surface area contributed by atoms with Crippen LogP contribution in [0.1, 0.15) is 22.3 Å². The van der Waals surface area contributed by atoms with E-state index in [1.165, 1.54) is 6.07 Å². The summed E-state index contributed by atoms with van der Waals surface area (Å²) in [6.07, 6.45) is 0. The lowest BCUT2D eigenvalue weighted by atomic mass is 10.0. The van der Waals surface area contributed by atoms with E-state index in [1.807, 2.05) is 32.0 Å². The lowest BCUT2D eigenvalue weighted by molar-refractivity contribution is 0.318. The van der Waals surface area contributed by atoms with Gasteiger partial charge in [-0.3, -0.25) is 0 Å². The van der Waals surface area contributed by atoms with Crippen molar-refractivity contribution in [2.45, 2.75) is 20.4 Å². The van der Waals surface area contributed by atoms with Crippen molar-refractivity contribution in [3.05, 3.63) is 64.5 Å². The first kappa shape index (κ1) is 14.8. The lowest BCUT2D eigenvalue weighted by Crippen LogP contribution is -2.14. The van der Waals surface area contributed by atoms with E-state index in [4.69, 9.17) is 10.9 Å². The van der Waals surface area contributed by atoms with Gasteiger partial charge in [-0.25, -0.2) is 4.39 Å². The molecule has 0 aromatic heterocycles. The molecular weight excluding hydrogens is 269 g/mol. The first-order valence-electron chi connectivity index (χ1n) is 6.59. The zero-order chi connectivity index (χ0) is 15.4. The summed E-state index contributed by atoms with van der Waals surface area (Å²) in [7, 11) is 0. The number of amidine groups is 1. The Balaban J connectivity index is 2.18. The van der Waals surface area contributed by atoms with E-state index in [1.54, 1.807) is 12.1 Å². The lowest BCUT2D eigenvalue weighted by Gasteiger charge is -2.13. The molecule has 0 aliphatic heterocycles. The zero-order valence-electron chi connectivity index (χ0n) is 12.0. The average molecular weight is 287 g/mol. The Morgan fingerprint density at radius 2 is 2.00 bits per heavy atom. The molecular formula is C16H18FN3O. The monoisotopic (exact) mass is 287 g/mol. The van der Waals surface area contributed by atoms with Crippen molar-refractivity contribution in [1.29, 1.82) is 0 Å². The number of aryl methyl sites for hydroxylation is 2. The molecule has 0 fully saturated rings. The quantitative estimate of drug-likeness (QED) is 0.350. The topological polar surface area (TPSA) is 70.6 Å². The van der Waals surface area contributed by atoms with Gasteiger partial charge in [0.05, 0.1) is 5.69 Å². The van der Waals surface area contributed by atoms with E-state index in [0.717, 1.165) is 16.7 Å². The molecule has 2 aromatic carbocycles. The standard InChI is InChI=1S/C16H18FN3O/c1-10-4-3-5-14(17)15(10)19-9-13-7-6-12(8-11(13)2)16(18)20-21/h3-8,19,21H,9H2,1-2H3,(H2,18,20). The molecule has 0 unspecified atom stereocenters. The van der Waals surface area contributed by atoms with Crippen LogP contribution in [0.25, 0.3) is 0 Å². The normalized spacial score (nSPS) is 11.5. The van der Waals surface area contributed by atoms with Gasteiger partial charge in [-0.2, -0.15) is 0 Å². The van der Waals surface area contributed by atoms with Gasteiger partial charge >= 0.3 is 0 Å². The van der Waals surface area contributed by atoms with Crippen LogP contribution < -0.4 is 11.1 Å². The van der Waals surface area contributed by atoms with Gasteiger partial charge in [0.1, 0.15) is 5.82 Å². The van der Waals surface area contributed by atoms with Crippen molar-refractivity contribution in [1.82, 2.24) is 0 Å². The van der Waals surface area contributed by atoms with Crippen molar-refractivity contribution in [3.63, 3.8) is 0 Å². The number of para-hydroxylation sites is 1. The third-order valence-corrected chi connectivity index (χ3v) is 3.42. The smallest absolute Gasteiger partial charge is 0.170 e. The number of halogens is 1. The third kappa shape index (κ3) is 3.31. The van der Waals surface area contributed by atoms with Crippen molar-refractivity contribution in [3.8, 4) is 0 Å². The van der Waals surface area contributed by atoms with Gasteiger partial charge in [-0.15, -0.1) is 0 Å². The SMILES string of the molecule is Cc1cc(/C(N)=N/O)ccc1CNc1c(C)cccc1F. The van der Waals surface area contributed by atoms with Crippen molar-refractivity contribution in [2.75, 3.05) is 5.32 Å². The highest BCUT2D eigenvalue weighted by atomic mass is 19.1. The number of hydrogen-bond donors (Lipinski definition) is 3. The Morgan fingerprint density at radius 3 is 2.62 bits per heavy atom. The second-order valence-corrected chi connectivity index (χ2v) is 4.91. The summed E-state index contributed by atoms with van der Waals surface area (Å²) in [5, 5.41) is 14.8. The van der Waals surface area contributed by atoms with Crippen LogP contribution in [0, 0.1) is 19.7 Å². The van der Waals surface area contributed by atoms with Gasteiger partial charge in [-0.05, 0) is 42.7 Å². The van der Waals surface area contributed by atoms with E-state index in [-0.39, 0.29) is 11.7 Å². The van der Waals surface area contributed by atoms with Gasteiger partial charge in [0.15, 0.2) is 5.84 Å². The van der Waals surface area contributed by atoms with Gasteiger partial charge in [-0.1, -0.05) is 29.4 Å². The molecule has 0 aliphatic rings. The Kier molecular flexibility index (Phi) is 4.42. The molecule has 0 aliphatic carbocycles. The summed E-state index contributed by atoms with van der Waals surface area (Å²) in [6, 6.07) is 10.5. The van der Waals surface area contributed by atoms with E-state index < -0.39 is 0 Å². The van der Waals surface area contributed by atoms with Gasteiger partial charge in [0, 0.05) is 12.1 Å². The van der Waals surface area contributed by atoms with Crippen molar-refractivity contribution in [2.24, 2.45) is 10.9 Å². The molecule has 5 heteroatoms. The highest BCUT2D eigenvalue weighted by molar-refractivity contribution is 5.97. The maximum absolute atomic E-state index is 13.7. The summed E-state index contributed by atoms with van der Waals surface area (Å²) in [5.41, 5.74) is 9.59. The highest BCUT2D eigenvalue weighted by Gasteiger charge is 2.07. The number of nitrogens with two attached hydrogens (primary N) is 1. The molecule has 0 radical (unpaired) electrons. The van der Waals surface area contributed by atoms with Gasteiger partial charge in [0.2, 0.25) is 0 Å². The average Bonchev–Trinajstić information content (AvgIpc) is 2.47. The van der Waals surface area contributed by atoms with Crippen LogP contribution in [-0.2, 0) is 6.54 Å². The fourth-order valence-corrected chi connectivity index (χ4v) is 2.15. The summed E-state index contributed by atoms with van der Waals surface area (Å²) < 4.78 is 13.7. The van der Waals surface area contributed by atoms with Crippen LogP contribution >= 0.6 is 0 Å². The first-order valence-corrected chi connectivity index (χ1v) is 6.59. The Hall–Kier alpha value is -2.56. The minimum Gasteiger partial charge on any atom is -0.409 e. The van der Waals surface area contributed by atoms with Crippen LogP contribution in [0.15, 0.2) is 41.6 Å². The molecule has 0 spiro atoms. The largest absolute Gasteiger partial charge is 0.409 e. The van der Waals surface area contributed by atoms with Crippen LogP contribution in [-0.4, -0.2) is 11.0 Å². The van der Waals surface area contributed by atoms with E-state index in [2.05, 4.69) is 10.5 Å².